The zero-order valence-electron chi connectivity index (χ0n) is 15.5. The van der Waals surface area contributed by atoms with E-state index in [2.05, 4.69) is 57.0 Å². The second-order valence-electron chi connectivity index (χ2n) is 7.20. The predicted octanol–water partition coefficient (Wildman–Crippen LogP) is 2.74. The number of nitrogens with zero attached hydrogens (tertiary/aromatic N) is 4. The van der Waals surface area contributed by atoms with Crippen LogP contribution in [0.25, 0.3) is 0 Å². The molecular formula is C19H28Cl2N6. The van der Waals surface area contributed by atoms with Crippen LogP contribution in [0.5, 0.6) is 0 Å². The first kappa shape index (κ1) is 21.5. The minimum absolute atomic E-state index is 0. The normalized spacial score (nSPS) is 21.7. The van der Waals surface area contributed by atoms with E-state index >= 15 is 0 Å². The van der Waals surface area contributed by atoms with Crippen molar-refractivity contribution in [1.82, 2.24) is 9.97 Å². The van der Waals surface area contributed by atoms with Gasteiger partial charge in [-0.2, -0.15) is 4.98 Å². The Morgan fingerprint density at radius 2 is 1.59 bits per heavy atom. The molecule has 2 fully saturated rings. The van der Waals surface area contributed by atoms with Gasteiger partial charge in [0, 0.05) is 49.9 Å². The number of nitrogen functional groups attached to an aromatic ring is 1. The van der Waals surface area contributed by atoms with E-state index in [1.807, 2.05) is 0 Å². The van der Waals surface area contributed by atoms with E-state index in [9.17, 15) is 0 Å². The van der Waals surface area contributed by atoms with Crippen LogP contribution >= 0.6 is 24.8 Å². The number of rotatable bonds is 3. The zero-order chi connectivity index (χ0) is 17.4. The molecule has 1 aromatic heterocycles. The highest BCUT2D eigenvalue weighted by molar-refractivity contribution is 5.85. The van der Waals surface area contributed by atoms with Gasteiger partial charge in [-0.1, -0.05) is 18.2 Å². The molecular weight excluding hydrogens is 383 g/mol. The van der Waals surface area contributed by atoms with E-state index in [4.69, 9.17) is 11.5 Å². The van der Waals surface area contributed by atoms with Crippen molar-refractivity contribution in [3.05, 3.63) is 41.6 Å². The quantitative estimate of drug-likeness (QED) is 0.808. The molecule has 0 radical (unpaired) electrons. The van der Waals surface area contributed by atoms with Crippen molar-refractivity contribution in [2.75, 3.05) is 41.7 Å². The third-order valence-corrected chi connectivity index (χ3v) is 5.40. The van der Waals surface area contributed by atoms with Crippen LogP contribution in [0.1, 0.15) is 30.0 Å². The van der Waals surface area contributed by atoms with Crippen LogP contribution in [0, 0.1) is 6.92 Å². The fourth-order valence-electron chi connectivity index (χ4n) is 3.84. The van der Waals surface area contributed by atoms with Gasteiger partial charge in [0.05, 0.1) is 5.69 Å². The minimum atomic E-state index is 0. The van der Waals surface area contributed by atoms with Crippen LogP contribution < -0.4 is 21.3 Å². The summed E-state index contributed by atoms with van der Waals surface area (Å²) in [4.78, 5) is 13.7. The average Bonchev–Trinajstić information content (AvgIpc) is 2.59. The molecule has 148 valence electrons. The number of piperazine rings is 1. The Balaban J connectivity index is 0.00000131. The van der Waals surface area contributed by atoms with Gasteiger partial charge in [0.15, 0.2) is 0 Å². The first-order chi connectivity index (χ1) is 12.1. The molecule has 1 saturated heterocycles. The first-order valence-electron chi connectivity index (χ1n) is 9.05. The van der Waals surface area contributed by atoms with E-state index in [1.165, 1.54) is 11.3 Å². The lowest BCUT2D eigenvalue weighted by atomic mass is 9.78. The van der Waals surface area contributed by atoms with Crippen LogP contribution in [0.3, 0.4) is 0 Å². The Morgan fingerprint density at radius 1 is 0.963 bits per heavy atom. The molecule has 0 spiro atoms. The fourth-order valence-corrected chi connectivity index (χ4v) is 3.84. The summed E-state index contributed by atoms with van der Waals surface area (Å²) in [5.74, 6) is 1.76. The van der Waals surface area contributed by atoms with Gasteiger partial charge in [-0.15, -0.1) is 24.8 Å². The maximum atomic E-state index is 5.96. The Labute approximate surface area is 173 Å². The first-order valence-corrected chi connectivity index (χ1v) is 9.05. The van der Waals surface area contributed by atoms with Crippen molar-refractivity contribution < 1.29 is 0 Å². The molecule has 1 aliphatic heterocycles. The monoisotopic (exact) mass is 410 g/mol. The van der Waals surface area contributed by atoms with Crippen LogP contribution in [0.2, 0.25) is 0 Å². The van der Waals surface area contributed by atoms with E-state index in [-0.39, 0.29) is 24.8 Å². The molecule has 6 nitrogen and oxygen atoms in total. The molecule has 2 heterocycles. The second-order valence-corrected chi connectivity index (χ2v) is 7.20. The third kappa shape index (κ3) is 4.57. The van der Waals surface area contributed by atoms with Gasteiger partial charge < -0.3 is 21.3 Å². The molecule has 0 atom stereocenters. The molecule has 27 heavy (non-hydrogen) atoms. The molecule has 0 amide bonds. The number of hydrogen-bond acceptors (Lipinski definition) is 6. The third-order valence-electron chi connectivity index (χ3n) is 5.40. The Bertz CT molecular complexity index is 758. The largest absolute Gasteiger partial charge is 0.368 e. The summed E-state index contributed by atoms with van der Waals surface area (Å²) in [5.41, 5.74) is 15.6. The van der Waals surface area contributed by atoms with Gasteiger partial charge in [0.25, 0.3) is 0 Å². The maximum absolute atomic E-state index is 5.96. The molecule has 8 heteroatoms. The fraction of sp³-hybridized carbons (Fsp3) is 0.474. The van der Waals surface area contributed by atoms with Crippen molar-refractivity contribution in [2.24, 2.45) is 5.73 Å². The van der Waals surface area contributed by atoms with E-state index in [0.29, 0.717) is 17.9 Å². The highest BCUT2D eigenvalue weighted by Crippen LogP contribution is 2.36. The summed E-state index contributed by atoms with van der Waals surface area (Å²) in [7, 11) is 0. The van der Waals surface area contributed by atoms with Crippen LogP contribution in [0.15, 0.2) is 30.3 Å². The molecule has 4 rings (SSSR count). The number of aromatic nitrogens is 2. The van der Waals surface area contributed by atoms with Crippen molar-refractivity contribution in [3.8, 4) is 0 Å². The topological polar surface area (TPSA) is 84.3 Å². The lowest BCUT2D eigenvalue weighted by molar-refractivity contribution is 0.345. The highest BCUT2D eigenvalue weighted by atomic mass is 35.5. The molecule has 1 saturated carbocycles. The summed E-state index contributed by atoms with van der Waals surface area (Å²) >= 11 is 0. The van der Waals surface area contributed by atoms with E-state index in [0.717, 1.165) is 50.5 Å². The minimum Gasteiger partial charge on any atom is -0.368 e. The van der Waals surface area contributed by atoms with Gasteiger partial charge >= 0.3 is 0 Å². The maximum Gasteiger partial charge on any atom is 0.222 e. The van der Waals surface area contributed by atoms with Crippen molar-refractivity contribution in [3.63, 3.8) is 0 Å². The summed E-state index contributed by atoms with van der Waals surface area (Å²) < 4.78 is 0. The lowest BCUT2D eigenvalue weighted by Crippen LogP contribution is -2.47. The van der Waals surface area contributed by atoms with Gasteiger partial charge in [-0.3, -0.25) is 0 Å². The van der Waals surface area contributed by atoms with Crippen molar-refractivity contribution >= 4 is 42.3 Å². The SMILES string of the molecule is Cc1ccccc1N1CCN(c2cc(C3CC(N)C3)nc(N)n2)CC1.Cl.Cl. The Hall–Kier alpha value is -1.76. The number of halogens is 2. The zero-order valence-corrected chi connectivity index (χ0v) is 17.2. The van der Waals surface area contributed by atoms with Crippen LogP contribution in [-0.4, -0.2) is 42.2 Å². The van der Waals surface area contributed by atoms with Gasteiger partial charge in [0.1, 0.15) is 5.82 Å². The number of anilines is 3. The van der Waals surface area contributed by atoms with Crippen LogP contribution in [0.4, 0.5) is 17.5 Å². The molecule has 2 aliphatic rings. The lowest BCUT2D eigenvalue weighted by Gasteiger charge is -2.38. The number of benzene rings is 1. The number of hydrogen-bond donors (Lipinski definition) is 2. The van der Waals surface area contributed by atoms with Crippen LogP contribution in [-0.2, 0) is 0 Å². The molecule has 0 bridgehead atoms. The Morgan fingerprint density at radius 3 is 2.22 bits per heavy atom. The molecule has 4 N–H and O–H groups in total. The predicted molar refractivity (Wildman–Crippen MR) is 116 cm³/mol. The van der Waals surface area contributed by atoms with Crippen molar-refractivity contribution in [2.45, 2.75) is 31.7 Å². The van der Waals surface area contributed by atoms with Gasteiger partial charge in [-0.05, 0) is 31.4 Å². The highest BCUT2D eigenvalue weighted by Gasteiger charge is 2.30. The van der Waals surface area contributed by atoms with E-state index in [1.54, 1.807) is 0 Å². The summed E-state index contributed by atoms with van der Waals surface area (Å²) in [6, 6.07) is 11.0. The number of aryl methyl sites for hydroxylation is 1. The standard InChI is InChI=1S/C19H26N6.2ClH/c1-13-4-2-3-5-17(13)24-6-8-25(9-7-24)18-12-16(22-19(21)23-18)14-10-15(20)11-14;;/h2-5,12,14-15H,6-11,20H2,1H3,(H2,21,22,23);2*1H. The average molecular weight is 411 g/mol. The Kier molecular flexibility index (Phi) is 7.14. The summed E-state index contributed by atoms with van der Waals surface area (Å²) in [6.07, 6.45) is 1.99. The number of nitrogens with two attached hydrogens (primary N) is 2. The second kappa shape index (κ2) is 8.95. The summed E-state index contributed by atoms with van der Waals surface area (Å²) in [6.45, 7) is 6.02. The molecule has 2 aromatic rings. The summed E-state index contributed by atoms with van der Waals surface area (Å²) in [5, 5.41) is 0. The molecule has 1 aliphatic carbocycles. The number of para-hydroxylation sites is 1. The smallest absolute Gasteiger partial charge is 0.222 e. The molecule has 1 aromatic carbocycles. The van der Waals surface area contributed by atoms with E-state index < -0.39 is 0 Å². The van der Waals surface area contributed by atoms with Gasteiger partial charge in [-0.25, -0.2) is 4.98 Å². The van der Waals surface area contributed by atoms with Crippen molar-refractivity contribution in [1.29, 1.82) is 0 Å². The molecule has 0 unspecified atom stereocenters. The van der Waals surface area contributed by atoms with Gasteiger partial charge in [0.2, 0.25) is 5.95 Å².